The highest BCUT2D eigenvalue weighted by Gasteiger charge is 2.34. The molecule has 0 radical (unpaired) electrons. The molecule has 2 aliphatic rings. The van der Waals surface area contributed by atoms with E-state index in [1.807, 2.05) is 13.0 Å². The van der Waals surface area contributed by atoms with E-state index in [-0.39, 0.29) is 0 Å². The summed E-state index contributed by atoms with van der Waals surface area (Å²) < 4.78 is 10.8. The van der Waals surface area contributed by atoms with Crippen molar-refractivity contribution in [3.8, 4) is 11.6 Å². The monoisotopic (exact) mass is 273 g/mol. The second-order valence-corrected chi connectivity index (χ2v) is 6.12. The number of rotatable bonds is 3. The molecule has 2 fully saturated rings. The Hall–Kier alpha value is -1.62. The molecule has 5 heteroatoms. The van der Waals surface area contributed by atoms with E-state index in [0.717, 1.165) is 17.9 Å². The number of hydrogen-bond donors (Lipinski definition) is 1. The van der Waals surface area contributed by atoms with Crippen LogP contribution in [0.25, 0.3) is 11.6 Å². The molecule has 2 bridgehead atoms. The van der Waals surface area contributed by atoms with Crippen LogP contribution in [0.15, 0.2) is 21.3 Å². The van der Waals surface area contributed by atoms with Crippen LogP contribution in [0.5, 0.6) is 0 Å². The first kappa shape index (κ1) is 12.1. The van der Waals surface area contributed by atoms with E-state index >= 15 is 0 Å². The lowest BCUT2D eigenvalue weighted by Crippen LogP contribution is -2.38. The molecule has 0 saturated carbocycles. The number of hydrogen-bond acceptors (Lipinski definition) is 5. The number of furan rings is 1. The summed E-state index contributed by atoms with van der Waals surface area (Å²) >= 11 is 0. The number of aromatic nitrogens is 2. The van der Waals surface area contributed by atoms with E-state index in [0.29, 0.717) is 29.6 Å². The third kappa shape index (κ3) is 2.16. The van der Waals surface area contributed by atoms with Crippen LogP contribution in [-0.4, -0.2) is 22.2 Å². The molecule has 2 aromatic rings. The molecule has 4 rings (SSSR count). The molecule has 0 aromatic carbocycles. The fraction of sp³-hybridized carbons (Fsp3) is 0.600. The van der Waals surface area contributed by atoms with E-state index in [4.69, 9.17) is 8.94 Å². The molecule has 2 atom stereocenters. The van der Waals surface area contributed by atoms with E-state index in [1.54, 1.807) is 6.26 Å². The van der Waals surface area contributed by atoms with Crippen LogP contribution in [0.1, 0.15) is 37.1 Å². The predicted octanol–water partition coefficient (Wildman–Crippen LogP) is 2.71. The van der Waals surface area contributed by atoms with Gasteiger partial charge in [0.05, 0.1) is 6.26 Å². The summed E-state index contributed by atoms with van der Waals surface area (Å²) in [6.07, 6.45) is 7.65. The Morgan fingerprint density at radius 1 is 1.30 bits per heavy atom. The van der Waals surface area contributed by atoms with Gasteiger partial charge in [-0.2, -0.15) is 4.98 Å². The Morgan fingerprint density at radius 2 is 2.10 bits per heavy atom. The fourth-order valence-corrected chi connectivity index (χ4v) is 3.62. The van der Waals surface area contributed by atoms with E-state index in [2.05, 4.69) is 15.5 Å². The van der Waals surface area contributed by atoms with Crippen molar-refractivity contribution in [1.29, 1.82) is 0 Å². The van der Waals surface area contributed by atoms with Crippen LogP contribution in [0.4, 0.5) is 0 Å². The fourth-order valence-electron chi connectivity index (χ4n) is 3.62. The van der Waals surface area contributed by atoms with Crippen molar-refractivity contribution < 1.29 is 8.94 Å². The van der Waals surface area contributed by atoms with Gasteiger partial charge in [0, 0.05) is 18.5 Å². The molecule has 2 aromatic heterocycles. The molecular formula is C15H19N3O2. The molecule has 0 spiro atoms. The Morgan fingerprint density at radius 3 is 2.80 bits per heavy atom. The van der Waals surface area contributed by atoms with Crippen molar-refractivity contribution in [2.24, 2.45) is 5.92 Å². The quantitative estimate of drug-likeness (QED) is 0.931. The van der Waals surface area contributed by atoms with Gasteiger partial charge in [0.2, 0.25) is 11.7 Å². The highest BCUT2D eigenvalue weighted by atomic mass is 16.5. The zero-order valence-electron chi connectivity index (χ0n) is 11.6. The second-order valence-electron chi connectivity index (χ2n) is 6.12. The minimum Gasteiger partial charge on any atom is -0.461 e. The molecule has 0 amide bonds. The van der Waals surface area contributed by atoms with Crippen molar-refractivity contribution in [1.82, 2.24) is 15.5 Å². The van der Waals surface area contributed by atoms with Gasteiger partial charge in [-0.25, -0.2) is 0 Å². The number of aryl methyl sites for hydroxylation is 1. The summed E-state index contributed by atoms with van der Waals surface area (Å²) in [6, 6.07) is 3.32. The van der Waals surface area contributed by atoms with E-state index in [9.17, 15) is 0 Å². The van der Waals surface area contributed by atoms with Crippen LogP contribution < -0.4 is 5.32 Å². The van der Waals surface area contributed by atoms with Crippen molar-refractivity contribution in [3.05, 3.63) is 23.8 Å². The first-order valence-electron chi connectivity index (χ1n) is 7.41. The molecule has 0 aliphatic carbocycles. The van der Waals surface area contributed by atoms with Gasteiger partial charge in [-0.1, -0.05) is 5.16 Å². The van der Waals surface area contributed by atoms with E-state index < -0.39 is 0 Å². The second kappa shape index (κ2) is 4.74. The number of nitrogens with zero attached hydrogens (tertiary/aromatic N) is 2. The average molecular weight is 273 g/mol. The van der Waals surface area contributed by atoms with Crippen molar-refractivity contribution in [3.63, 3.8) is 0 Å². The minimum absolute atomic E-state index is 0.569. The Bertz CT molecular complexity index is 592. The molecule has 2 aliphatic heterocycles. The maximum Gasteiger partial charge on any atom is 0.238 e. The van der Waals surface area contributed by atoms with Gasteiger partial charge >= 0.3 is 0 Å². The van der Waals surface area contributed by atoms with Crippen LogP contribution in [0.2, 0.25) is 0 Å². The molecule has 5 nitrogen and oxygen atoms in total. The van der Waals surface area contributed by atoms with Crippen molar-refractivity contribution in [2.45, 2.75) is 51.1 Å². The lowest BCUT2D eigenvalue weighted by atomic mass is 9.90. The Balaban J connectivity index is 1.47. The lowest BCUT2D eigenvalue weighted by Gasteiger charge is -2.27. The van der Waals surface area contributed by atoms with Gasteiger partial charge in [0.15, 0.2) is 5.76 Å². The summed E-state index contributed by atoms with van der Waals surface area (Å²) in [4.78, 5) is 4.49. The van der Waals surface area contributed by atoms with E-state index in [1.165, 1.54) is 25.7 Å². The first-order valence-corrected chi connectivity index (χ1v) is 7.41. The minimum atomic E-state index is 0.569. The summed E-state index contributed by atoms with van der Waals surface area (Å²) in [6.45, 7) is 1.99. The Labute approximate surface area is 117 Å². The SMILES string of the molecule is Cc1ccoc1-c1noc(CC2CC3CCC(C2)N3)n1. The smallest absolute Gasteiger partial charge is 0.238 e. The molecule has 20 heavy (non-hydrogen) atoms. The summed E-state index contributed by atoms with van der Waals surface area (Å²) in [7, 11) is 0. The maximum absolute atomic E-state index is 5.40. The van der Waals surface area contributed by atoms with Crippen molar-refractivity contribution in [2.75, 3.05) is 0 Å². The first-order chi connectivity index (χ1) is 9.78. The third-order valence-electron chi connectivity index (χ3n) is 4.57. The normalized spacial score (nSPS) is 28.9. The zero-order chi connectivity index (χ0) is 13.5. The van der Waals surface area contributed by atoms with Gasteiger partial charge in [-0.05, 0) is 50.2 Å². The summed E-state index contributed by atoms with van der Waals surface area (Å²) in [5, 5.41) is 7.70. The molecule has 4 heterocycles. The van der Waals surface area contributed by atoms with Crippen LogP contribution in [0, 0.1) is 12.8 Å². The number of piperidine rings is 1. The van der Waals surface area contributed by atoms with Crippen molar-refractivity contribution >= 4 is 0 Å². The third-order valence-corrected chi connectivity index (χ3v) is 4.57. The average Bonchev–Trinajstić information content (AvgIpc) is 3.11. The van der Waals surface area contributed by atoms with Gasteiger partial charge in [0.1, 0.15) is 0 Å². The largest absolute Gasteiger partial charge is 0.461 e. The predicted molar refractivity (Wildman–Crippen MR) is 73.1 cm³/mol. The summed E-state index contributed by atoms with van der Waals surface area (Å²) in [5.74, 6) is 2.69. The zero-order valence-corrected chi connectivity index (χ0v) is 11.6. The number of nitrogens with one attached hydrogen (secondary N) is 1. The topological polar surface area (TPSA) is 64.1 Å². The van der Waals surface area contributed by atoms with Crippen LogP contribution in [-0.2, 0) is 6.42 Å². The van der Waals surface area contributed by atoms with Crippen LogP contribution >= 0.6 is 0 Å². The lowest BCUT2D eigenvalue weighted by molar-refractivity contribution is 0.270. The van der Waals surface area contributed by atoms with Gasteiger partial charge in [-0.3, -0.25) is 0 Å². The van der Waals surface area contributed by atoms with Crippen LogP contribution in [0.3, 0.4) is 0 Å². The summed E-state index contributed by atoms with van der Waals surface area (Å²) in [5.41, 5.74) is 1.04. The molecular weight excluding hydrogens is 254 g/mol. The highest BCUT2D eigenvalue weighted by Crippen LogP contribution is 2.33. The molecule has 2 saturated heterocycles. The maximum atomic E-state index is 5.40. The molecule has 106 valence electrons. The van der Waals surface area contributed by atoms with Gasteiger partial charge in [0.25, 0.3) is 0 Å². The standard InChI is InChI=1S/C15H19N3O2/c1-9-4-5-19-14(9)15-17-13(20-18-15)8-10-6-11-2-3-12(7-10)16-11/h4-5,10-12,16H,2-3,6-8H2,1H3. The van der Waals surface area contributed by atoms with Gasteiger partial charge in [-0.15, -0.1) is 0 Å². The molecule has 2 unspecified atom stereocenters. The Kier molecular flexibility index (Phi) is 2.88. The molecule has 1 N–H and O–H groups in total. The van der Waals surface area contributed by atoms with Gasteiger partial charge < -0.3 is 14.3 Å². The highest BCUT2D eigenvalue weighted by molar-refractivity contribution is 5.50. The number of fused-ring (bicyclic) bond motifs is 2.